The van der Waals surface area contributed by atoms with Gasteiger partial charge in [0.2, 0.25) is 0 Å². The minimum absolute atomic E-state index is 0.0159. The lowest BCUT2D eigenvalue weighted by molar-refractivity contribution is -0.0353. The zero-order valence-electron chi connectivity index (χ0n) is 15.0. The van der Waals surface area contributed by atoms with Crippen LogP contribution in [0.25, 0.3) is 0 Å². The molecule has 128 valence electrons. The maximum Gasteiger partial charge on any atom is 0.112 e. The fourth-order valence-corrected chi connectivity index (χ4v) is 3.04. The van der Waals surface area contributed by atoms with Crippen LogP contribution in [0.4, 0.5) is 5.69 Å². The summed E-state index contributed by atoms with van der Waals surface area (Å²) in [7, 11) is 4.10. The number of nitrogens with zero attached hydrogens (tertiary/aromatic N) is 4. The summed E-state index contributed by atoms with van der Waals surface area (Å²) in [4.78, 5) is 13.8. The summed E-state index contributed by atoms with van der Waals surface area (Å²) >= 11 is 0. The van der Waals surface area contributed by atoms with Crippen LogP contribution < -0.4 is 4.90 Å². The lowest BCUT2D eigenvalue weighted by atomic mass is 10.1. The van der Waals surface area contributed by atoms with Gasteiger partial charge < -0.3 is 9.64 Å². The molecule has 1 aliphatic heterocycles. The van der Waals surface area contributed by atoms with Crippen LogP contribution in [-0.4, -0.2) is 48.7 Å². The summed E-state index contributed by atoms with van der Waals surface area (Å²) < 4.78 is 6.00. The Morgan fingerprint density at radius 3 is 2.75 bits per heavy atom. The molecule has 0 bridgehead atoms. The van der Waals surface area contributed by atoms with Crippen LogP contribution in [0.1, 0.15) is 28.9 Å². The highest BCUT2D eigenvalue weighted by molar-refractivity contribution is 5.47. The summed E-state index contributed by atoms with van der Waals surface area (Å²) in [6.07, 6.45) is 0.0159. The molecule has 0 unspecified atom stereocenters. The van der Waals surface area contributed by atoms with Gasteiger partial charge in [-0.2, -0.15) is 0 Å². The van der Waals surface area contributed by atoms with Crippen molar-refractivity contribution < 1.29 is 4.74 Å². The Kier molecular flexibility index (Phi) is 5.11. The summed E-state index contributed by atoms with van der Waals surface area (Å²) in [5.41, 5.74) is 5.38. The quantitative estimate of drug-likeness (QED) is 0.864. The number of ether oxygens (including phenoxy) is 1. The van der Waals surface area contributed by atoms with Crippen molar-refractivity contribution in [2.75, 3.05) is 38.7 Å². The Morgan fingerprint density at radius 2 is 2.00 bits per heavy atom. The second-order valence-corrected chi connectivity index (χ2v) is 6.65. The molecule has 1 atom stereocenters. The van der Waals surface area contributed by atoms with E-state index in [1.54, 1.807) is 0 Å². The molecule has 0 radical (unpaired) electrons. The normalized spacial score (nSPS) is 18.6. The van der Waals surface area contributed by atoms with Gasteiger partial charge in [-0.1, -0.05) is 6.07 Å². The van der Waals surface area contributed by atoms with Crippen molar-refractivity contribution in [1.82, 2.24) is 14.9 Å². The molecule has 5 heteroatoms. The molecule has 1 saturated heterocycles. The van der Waals surface area contributed by atoms with E-state index < -0.39 is 0 Å². The molecule has 3 heterocycles. The maximum absolute atomic E-state index is 6.00. The molecular formula is C19H26N4O. The Balaban J connectivity index is 1.73. The highest BCUT2D eigenvalue weighted by Gasteiger charge is 2.24. The number of pyridine rings is 2. The average Bonchev–Trinajstić information content (AvgIpc) is 2.54. The Hall–Kier alpha value is -1.98. The van der Waals surface area contributed by atoms with E-state index in [4.69, 9.17) is 9.72 Å². The molecule has 0 N–H and O–H groups in total. The van der Waals surface area contributed by atoms with Crippen molar-refractivity contribution >= 4 is 5.69 Å². The average molecular weight is 326 g/mol. The number of aryl methyl sites for hydroxylation is 2. The van der Waals surface area contributed by atoms with E-state index in [2.05, 4.69) is 53.1 Å². The summed E-state index contributed by atoms with van der Waals surface area (Å²) in [6, 6.07) is 10.4. The second kappa shape index (κ2) is 7.28. The standard InChI is InChI=1S/C19H26N4O/c1-14-6-5-7-16(20-14)12-23-8-9-24-19(13-23)18-11-17(22(3)4)10-15(2)21-18/h5-7,10-11,19H,8-9,12-13H2,1-4H3/t19-/m1/s1. The van der Waals surface area contributed by atoms with E-state index in [9.17, 15) is 0 Å². The van der Waals surface area contributed by atoms with Gasteiger partial charge in [0.1, 0.15) is 6.10 Å². The molecule has 1 aliphatic rings. The fourth-order valence-electron chi connectivity index (χ4n) is 3.04. The molecule has 2 aromatic rings. The summed E-state index contributed by atoms with van der Waals surface area (Å²) in [5.74, 6) is 0. The lowest BCUT2D eigenvalue weighted by Crippen LogP contribution is -2.38. The van der Waals surface area contributed by atoms with E-state index in [0.717, 1.165) is 49.0 Å². The molecule has 0 spiro atoms. The van der Waals surface area contributed by atoms with E-state index >= 15 is 0 Å². The van der Waals surface area contributed by atoms with Crippen LogP contribution in [0.2, 0.25) is 0 Å². The monoisotopic (exact) mass is 326 g/mol. The number of rotatable bonds is 4. The fraction of sp³-hybridized carbons (Fsp3) is 0.474. The third-order valence-electron chi connectivity index (χ3n) is 4.29. The van der Waals surface area contributed by atoms with Gasteiger partial charge in [0.05, 0.1) is 18.0 Å². The second-order valence-electron chi connectivity index (χ2n) is 6.65. The molecule has 0 saturated carbocycles. The minimum atomic E-state index is 0.0159. The Bertz CT molecular complexity index is 702. The van der Waals surface area contributed by atoms with Gasteiger partial charge in [-0.25, -0.2) is 0 Å². The zero-order chi connectivity index (χ0) is 17.1. The van der Waals surface area contributed by atoms with Crippen molar-refractivity contribution in [1.29, 1.82) is 0 Å². The van der Waals surface area contributed by atoms with Gasteiger partial charge in [0.15, 0.2) is 0 Å². The number of morpholine rings is 1. The first-order chi connectivity index (χ1) is 11.5. The first-order valence-corrected chi connectivity index (χ1v) is 8.43. The molecule has 24 heavy (non-hydrogen) atoms. The van der Waals surface area contributed by atoms with Crippen LogP contribution in [0.5, 0.6) is 0 Å². The third-order valence-corrected chi connectivity index (χ3v) is 4.29. The zero-order valence-corrected chi connectivity index (χ0v) is 15.0. The first-order valence-electron chi connectivity index (χ1n) is 8.43. The molecule has 0 amide bonds. The van der Waals surface area contributed by atoms with Crippen molar-refractivity contribution in [3.8, 4) is 0 Å². The number of hydrogen-bond donors (Lipinski definition) is 0. The van der Waals surface area contributed by atoms with E-state index in [-0.39, 0.29) is 6.10 Å². The molecule has 3 rings (SSSR count). The lowest BCUT2D eigenvalue weighted by Gasteiger charge is -2.32. The van der Waals surface area contributed by atoms with Crippen molar-refractivity contribution in [2.45, 2.75) is 26.5 Å². The SMILES string of the molecule is Cc1cccc(CN2CCO[C@@H](c3cc(N(C)C)cc(C)n3)C2)n1. The molecule has 2 aromatic heterocycles. The van der Waals surface area contributed by atoms with Crippen LogP contribution >= 0.6 is 0 Å². The maximum atomic E-state index is 6.00. The topological polar surface area (TPSA) is 41.5 Å². The van der Waals surface area contributed by atoms with Gasteiger partial charge in [0.25, 0.3) is 0 Å². The van der Waals surface area contributed by atoms with Gasteiger partial charge in [-0.3, -0.25) is 14.9 Å². The Labute approximate surface area is 144 Å². The Morgan fingerprint density at radius 1 is 1.17 bits per heavy atom. The van der Waals surface area contributed by atoms with E-state index in [1.165, 1.54) is 5.69 Å². The molecule has 0 aliphatic carbocycles. The smallest absolute Gasteiger partial charge is 0.112 e. The number of anilines is 1. The van der Waals surface area contributed by atoms with E-state index in [0.29, 0.717) is 0 Å². The first kappa shape index (κ1) is 16.9. The molecule has 5 nitrogen and oxygen atoms in total. The predicted octanol–water partition coefficient (Wildman–Crippen LogP) is 2.73. The van der Waals surface area contributed by atoms with Crippen LogP contribution in [0.15, 0.2) is 30.3 Å². The van der Waals surface area contributed by atoms with Crippen molar-refractivity contribution in [3.05, 3.63) is 53.1 Å². The summed E-state index contributed by atoms with van der Waals surface area (Å²) in [5, 5.41) is 0. The molecule has 1 fully saturated rings. The van der Waals surface area contributed by atoms with Crippen LogP contribution in [0, 0.1) is 13.8 Å². The van der Waals surface area contributed by atoms with Crippen LogP contribution in [-0.2, 0) is 11.3 Å². The van der Waals surface area contributed by atoms with Gasteiger partial charge in [-0.05, 0) is 38.1 Å². The van der Waals surface area contributed by atoms with Crippen molar-refractivity contribution in [2.24, 2.45) is 0 Å². The molecular weight excluding hydrogens is 300 g/mol. The highest BCUT2D eigenvalue weighted by Crippen LogP contribution is 2.25. The third kappa shape index (κ3) is 4.10. The largest absolute Gasteiger partial charge is 0.378 e. The van der Waals surface area contributed by atoms with Crippen LogP contribution in [0.3, 0.4) is 0 Å². The number of hydrogen-bond acceptors (Lipinski definition) is 5. The van der Waals surface area contributed by atoms with Crippen molar-refractivity contribution in [3.63, 3.8) is 0 Å². The minimum Gasteiger partial charge on any atom is -0.378 e. The summed E-state index contributed by atoms with van der Waals surface area (Å²) in [6.45, 7) is 7.42. The van der Waals surface area contributed by atoms with Gasteiger partial charge in [-0.15, -0.1) is 0 Å². The molecule has 0 aromatic carbocycles. The number of aromatic nitrogens is 2. The van der Waals surface area contributed by atoms with E-state index in [1.807, 2.05) is 19.9 Å². The highest BCUT2D eigenvalue weighted by atomic mass is 16.5. The predicted molar refractivity (Wildman–Crippen MR) is 96.2 cm³/mol. The van der Waals surface area contributed by atoms with Gasteiger partial charge >= 0.3 is 0 Å². The van der Waals surface area contributed by atoms with Gasteiger partial charge in [0, 0.05) is 50.8 Å².